The van der Waals surface area contributed by atoms with Crippen LogP contribution in [0.3, 0.4) is 0 Å². The van der Waals surface area contributed by atoms with Gasteiger partial charge in [-0.25, -0.2) is 4.39 Å². The molecular formula is C21H18FN3O3. The van der Waals surface area contributed by atoms with Crippen molar-refractivity contribution in [3.05, 3.63) is 72.3 Å². The Morgan fingerprint density at radius 1 is 1.29 bits per heavy atom. The van der Waals surface area contributed by atoms with E-state index in [1.165, 1.54) is 11.0 Å². The van der Waals surface area contributed by atoms with Gasteiger partial charge in [-0.2, -0.15) is 0 Å². The lowest BCUT2D eigenvalue weighted by atomic mass is 9.77. The van der Waals surface area contributed by atoms with Gasteiger partial charge in [-0.1, -0.05) is 24.3 Å². The number of aromatic nitrogens is 1. The van der Waals surface area contributed by atoms with Crippen molar-refractivity contribution in [3.63, 3.8) is 0 Å². The van der Waals surface area contributed by atoms with Crippen molar-refractivity contribution in [1.82, 2.24) is 10.3 Å². The normalized spacial score (nSPS) is 30.0. The third kappa shape index (κ3) is 2.46. The van der Waals surface area contributed by atoms with Crippen LogP contribution in [-0.2, 0) is 20.9 Å². The van der Waals surface area contributed by atoms with Crippen LogP contribution in [-0.4, -0.2) is 35.0 Å². The summed E-state index contributed by atoms with van der Waals surface area (Å²) in [4.78, 5) is 31.4. The Hall–Kier alpha value is -3.06. The Bertz CT molecular complexity index is 980. The van der Waals surface area contributed by atoms with Crippen LogP contribution in [0.25, 0.3) is 0 Å². The van der Waals surface area contributed by atoms with Gasteiger partial charge in [-0.05, 0) is 29.8 Å². The fourth-order valence-corrected chi connectivity index (χ4v) is 4.48. The van der Waals surface area contributed by atoms with Gasteiger partial charge in [0, 0.05) is 18.9 Å². The van der Waals surface area contributed by atoms with Gasteiger partial charge in [0.1, 0.15) is 11.4 Å². The molecule has 28 heavy (non-hydrogen) atoms. The van der Waals surface area contributed by atoms with Crippen LogP contribution < -0.4 is 10.2 Å². The van der Waals surface area contributed by atoms with E-state index in [0.29, 0.717) is 6.54 Å². The van der Waals surface area contributed by atoms with Crippen molar-refractivity contribution in [2.75, 3.05) is 11.4 Å². The number of ether oxygens (including phenoxy) is 1. The van der Waals surface area contributed by atoms with E-state index in [0.717, 1.165) is 5.56 Å². The fraction of sp³-hybridized carbons (Fsp3) is 0.286. The number of benzene rings is 1. The summed E-state index contributed by atoms with van der Waals surface area (Å²) in [6, 6.07) is 9.79. The molecule has 1 aromatic carbocycles. The van der Waals surface area contributed by atoms with Crippen molar-refractivity contribution in [3.8, 4) is 0 Å². The molecule has 3 aliphatic rings. The molecule has 1 aromatic heterocycles. The molecule has 2 bridgehead atoms. The quantitative estimate of drug-likeness (QED) is 0.823. The van der Waals surface area contributed by atoms with E-state index < -0.39 is 29.4 Å². The first-order chi connectivity index (χ1) is 13.6. The van der Waals surface area contributed by atoms with Gasteiger partial charge in [-0.3, -0.25) is 14.6 Å². The molecule has 0 saturated carbocycles. The smallest absolute Gasteiger partial charge is 0.234 e. The van der Waals surface area contributed by atoms with Crippen LogP contribution in [0.1, 0.15) is 5.56 Å². The standard InChI is InChI=1S/C21H18FN3O3/c22-14-3-1-2-4-15(14)25-12-21-8-5-16(28-21)17(18(21)20(25)27)19(26)24-11-13-6-9-23-10-7-13/h1-10,16-18H,11-12H2,(H,24,26)/t16-,17-,18+,21-/m1/s1. The molecule has 0 aliphatic carbocycles. The maximum absolute atomic E-state index is 14.3. The van der Waals surface area contributed by atoms with Crippen molar-refractivity contribution < 1.29 is 18.7 Å². The van der Waals surface area contributed by atoms with E-state index >= 15 is 0 Å². The fourth-order valence-electron chi connectivity index (χ4n) is 4.48. The van der Waals surface area contributed by atoms with Crippen molar-refractivity contribution in [2.24, 2.45) is 11.8 Å². The minimum absolute atomic E-state index is 0.207. The van der Waals surface area contributed by atoms with Crippen LogP contribution in [0.4, 0.5) is 10.1 Å². The van der Waals surface area contributed by atoms with Crippen LogP contribution in [0.15, 0.2) is 60.9 Å². The SMILES string of the molecule is O=C(NCc1ccncc1)[C@H]1[C@H]2C(=O)N(c3ccccc3F)C[C@]23C=C[C@H]1O3. The third-order valence-corrected chi connectivity index (χ3v) is 5.76. The number of fused-ring (bicyclic) bond motifs is 1. The van der Waals surface area contributed by atoms with Gasteiger partial charge in [0.25, 0.3) is 0 Å². The van der Waals surface area contributed by atoms with Crippen molar-refractivity contribution in [2.45, 2.75) is 18.2 Å². The predicted molar refractivity (Wildman–Crippen MR) is 98.6 cm³/mol. The van der Waals surface area contributed by atoms with Crippen LogP contribution in [0, 0.1) is 17.7 Å². The molecule has 2 fully saturated rings. The molecule has 2 aromatic rings. The van der Waals surface area contributed by atoms with Gasteiger partial charge in [0.2, 0.25) is 11.8 Å². The highest BCUT2D eigenvalue weighted by Crippen LogP contribution is 2.52. The summed E-state index contributed by atoms with van der Waals surface area (Å²) in [5, 5.41) is 2.90. The topological polar surface area (TPSA) is 71.5 Å². The average molecular weight is 379 g/mol. The Balaban J connectivity index is 1.40. The summed E-state index contributed by atoms with van der Waals surface area (Å²) in [7, 11) is 0. The zero-order valence-electron chi connectivity index (χ0n) is 14.9. The Morgan fingerprint density at radius 2 is 2.07 bits per heavy atom. The summed E-state index contributed by atoms with van der Waals surface area (Å²) >= 11 is 0. The van der Waals surface area contributed by atoms with Crippen molar-refractivity contribution in [1.29, 1.82) is 0 Å². The summed E-state index contributed by atoms with van der Waals surface area (Å²) in [5.74, 6) is -2.26. The molecule has 2 amide bonds. The molecule has 0 radical (unpaired) electrons. The number of halogens is 1. The molecular weight excluding hydrogens is 361 g/mol. The first-order valence-electron chi connectivity index (χ1n) is 9.19. The second-order valence-corrected chi connectivity index (χ2v) is 7.35. The maximum Gasteiger partial charge on any atom is 0.234 e. The Labute approximate surface area is 161 Å². The molecule has 4 heterocycles. The van der Waals surface area contributed by atoms with E-state index in [-0.39, 0.29) is 24.0 Å². The monoisotopic (exact) mass is 379 g/mol. The van der Waals surface area contributed by atoms with Crippen molar-refractivity contribution >= 4 is 17.5 Å². The highest BCUT2D eigenvalue weighted by atomic mass is 19.1. The molecule has 142 valence electrons. The van der Waals surface area contributed by atoms with Crippen LogP contribution >= 0.6 is 0 Å². The third-order valence-electron chi connectivity index (χ3n) is 5.76. The molecule has 6 nitrogen and oxygen atoms in total. The van der Waals surface area contributed by atoms with Gasteiger partial charge < -0.3 is 15.0 Å². The number of pyridine rings is 1. The Kier molecular flexibility index (Phi) is 3.80. The lowest BCUT2D eigenvalue weighted by Crippen LogP contribution is -2.44. The molecule has 1 N–H and O–H groups in total. The maximum atomic E-state index is 14.3. The van der Waals surface area contributed by atoms with Gasteiger partial charge in [0.15, 0.2) is 0 Å². The molecule has 7 heteroatoms. The second-order valence-electron chi connectivity index (χ2n) is 7.35. The van der Waals surface area contributed by atoms with Crippen LogP contribution in [0.5, 0.6) is 0 Å². The number of amides is 2. The van der Waals surface area contributed by atoms with E-state index in [1.807, 2.05) is 24.3 Å². The predicted octanol–water partition coefficient (Wildman–Crippen LogP) is 1.82. The second kappa shape index (κ2) is 6.24. The number of carbonyl (C=O) groups is 2. The number of nitrogens with zero attached hydrogens (tertiary/aromatic N) is 2. The number of nitrogens with one attached hydrogen (secondary N) is 1. The molecule has 3 aliphatic heterocycles. The summed E-state index contributed by atoms with van der Waals surface area (Å²) in [6.07, 6.45) is 6.58. The van der Waals surface area contributed by atoms with E-state index in [9.17, 15) is 14.0 Å². The zero-order valence-corrected chi connectivity index (χ0v) is 14.9. The largest absolute Gasteiger partial charge is 0.360 e. The highest BCUT2D eigenvalue weighted by molar-refractivity contribution is 6.03. The molecule has 5 rings (SSSR count). The summed E-state index contributed by atoms with van der Waals surface area (Å²) < 4.78 is 20.3. The van der Waals surface area contributed by atoms with E-state index in [2.05, 4.69) is 10.3 Å². The number of rotatable bonds is 4. The minimum atomic E-state index is -0.872. The first kappa shape index (κ1) is 17.1. The van der Waals surface area contributed by atoms with E-state index in [4.69, 9.17) is 4.74 Å². The number of anilines is 1. The van der Waals surface area contributed by atoms with Crippen LogP contribution in [0.2, 0.25) is 0 Å². The minimum Gasteiger partial charge on any atom is -0.360 e. The lowest BCUT2D eigenvalue weighted by Gasteiger charge is -2.23. The number of hydrogen-bond acceptors (Lipinski definition) is 4. The van der Waals surface area contributed by atoms with Gasteiger partial charge in [-0.15, -0.1) is 0 Å². The zero-order chi connectivity index (χ0) is 19.3. The number of hydrogen-bond donors (Lipinski definition) is 1. The number of carbonyl (C=O) groups excluding carboxylic acids is 2. The average Bonchev–Trinajstić information content (AvgIpc) is 3.36. The first-order valence-corrected chi connectivity index (χ1v) is 9.19. The van der Waals surface area contributed by atoms with E-state index in [1.54, 1.807) is 30.6 Å². The lowest BCUT2D eigenvalue weighted by molar-refractivity contribution is -0.132. The molecule has 1 spiro atoms. The number of para-hydroxylation sites is 1. The molecule has 4 atom stereocenters. The summed E-state index contributed by atoms with van der Waals surface area (Å²) in [6.45, 7) is 0.553. The Morgan fingerprint density at radius 3 is 2.86 bits per heavy atom. The highest BCUT2D eigenvalue weighted by Gasteiger charge is 2.67. The van der Waals surface area contributed by atoms with Gasteiger partial charge in [0.05, 0.1) is 30.2 Å². The molecule has 0 unspecified atom stereocenters. The summed E-state index contributed by atoms with van der Waals surface area (Å²) in [5.41, 5.74) is 0.263. The van der Waals surface area contributed by atoms with Gasteiger partial charge >= 0.3 is 0 Å². The molecule has 2 saturated heterocycles.